The molecule has 3 heteroatoms. The molecule has 0 aromatic rings. The fourth-order valence-electron chi connectivity index (χ4n) is 4.14. The maximum absolute atomic E-state index is 5.74. The molecule has 0 aromatic carbocycles. The average molecular weight is 267 g/mol. The molecule has 1 saturated carbocycles. The second-order valence-electron chi connectivity index (χ2n) is 6.80. The molecule has 1 atom stereocenters. The first-order chi connectivity index (χ1) is 9.36. The Morgan fingerprint density at radius 2 is 1.84 bits per heavy atom. The van der Waals surface area contributed by atoms with Gasteiger partial charge in [-0.2, -0.15) is 0 Å². The molecule has 1 spiro atoms. The van der Waals surface area contributed by atoms with Gasteiger partial charge >= 0.3 is 0 Å². The summed E-state index contributed by atoms with van der Waals surface area (Å²) < 4.78 is 11.2. The Morgan fingerprint density at radius 3 is 2.58 bits per heavy atom. The molecule has 3 fully saturated rings. The molecule has 0 aromatic heterocycles. The highest BCUT2D eigenvalue weighted by Crippen LogP contribution is 2.42. The van der Waals surface area contributed by atoms with Crippen LogP contribution in [0, 0.1) is 5.41 Å². The summed E-state index contributed by atoms with van der Waals surface area (Å²) in [5.41, 5.74) is 0.681. The van der Waals surface area contributed by atoms with E-state index in [-0.39, 0.29) is 0 Å². The Labute approximate surface area is 117 Å². The third-order valence-electron chi connectivity index (χ3n) is 5.33. The lowest BCUT2D eigenvalue weighted by molar-refractivity contribution is -0.0924. The second-order valence-corrected chi connectivity index (χ2v) is 6.80. The lowest BCUT2D eigenvalue weighted by Crippen LogP contribution is -2.34. The van der Waals surface area contributed by atoms with E-state index in [2.05, 4.69) is 4.90 Å². The fourth-order valence-corrected chi connectivity index (χ4v) is 4.14. The van der Waals surface area contributed by atoms with Crippen molar-refractivity contribution in [3.63, 3.8) is 0 Å². The summed E-state index contributed by atoms with van der Waals surface area (Å²) in [4.78, 5) is 2.68. The molecule has 1 aliphatic carbocycles. The van der Waals surface area contributed by atoms with Crippen molar-refractivity contribution in [3.05, 3.63) is 0 Å². The Hall–Kier alpha value is -0.120. The third kappa shape index (κ3) is 3.71. The molecule has 2 heterocycles. The zero-order valence-corrected chi connectivity index (χ0v) is 12.2. The summed E-state index contributed by atoms with van der Waals surface area (Å²) in [5.74, 6) is 0. The van der Waals surface area contributed by atoms with Crippen LogP contribution in [0.3, 0.4) is 0 Å². The summed E-state index contributed by atoms with van der Waals surface area (Å²) in [5, 5.41) is 0. The number of nitrogens with zero attached hydrogens (tertiary/aromatic N) is 1. The average Bonchev–Trinajstić information content (AvgIpc) is 2.70. The van der Waals surface area contributed by atoms with Crippen molar-refractivity contribution in [3.8, 4) is 0 Å². The molecule has 3 rings (SSSR count). The largest absolute Gasteiger partial charge is 0.376 e. The Morgan fingerprint density at radius 1 is 1.00 bits per heavy atom. The van der Waals surface area contributed by atoms with Gasteiger partial charge in [0, 0.05) is 13.1 Å². The molecule has 3 aliphatic rings. The fraction of sp³-hybridized carbons (Fsp3) is 1.00. The first-order valence-corrected chi connectivity index (χ1v) is 8.28. The van der Waals surface area contributed by atoms with E-state index in [1.54, 1.807) is 0 Å². The van der Waals surface area contributed by atoms with E-state index in [1.807, 2.05) is 0 Å². The normalized spacial score (nSPS) is 32.5. The SMILES string of the molecule is C1CCCC2(CC1)CCN(CCC1COCCO1)C2. The Bertz CT molecular complexity index is 268. The van der Waals surface area contributed by atoms with Crippen molar-refractivity contribution >= 4 is 0 Å². The van der Waals surface area contributed by atoms with Gasteiger partial charge in [-0.3, -0.25) is 0 Å². The summed E-state index contributed by atoms with van der Waals surface area (Å²) in [6.07, 6.45) is 11.8. The number of ether oxygens (including phenoxy) is 2. The molecule has 2 saturated heterocycles. The van der Waals surface area contributed by atoms with Crippen molar-refractivity contribution in [1.29, 1.82) is 0 Å². The third-order valence-corrected chi connectivity index (χ3v) is 5.33. The standard InChI is InChI=1S/C16H29NO2/c1-2-4-7-16(6-3-1)8-10-17(14-16)9-5-15-13-18-11-12-19-15/h15H,1-14H2. The first kappa shape index (κ1) is 13.8. The monoisotopic (exact) mass is 267 g/mol. The Balaban J connectivity index is 1.43. The number of hydrogen-bond donors (Lipinski definition) is 0. The molecule has 1 unspecified atom stereocenters. The van der Waals surface area contributed by atoms with E-state index < -0.39 is 0 Å². The highest BCUT2D eigenvalue weighted by atomic mass is 16.6. The van der Waals surface area contributed by atoms with Crippen LogP contribution in [0.25, 0.3) is 0 Å². The van der Waals surface area contributed by atoms with Gasteiger partial charge in [0.25, 0.3) is 0 Å². The number of rotatable bonds is 3. The topological polar surface area (TPSA) is 21.7 Å². The minimum absolute atomic E-state index is 0.347. The van der Waals surface area contributed by atoms with Crippen LogP contribution in [0.5, 0.6) is 0 Å². The molecular formula is C16H29NO2. The van der Waals surface area contributed by atoms with Gasteiger partial charge in [-0.25, -0.2) is 0 Å². The van der Waals surface area contributed by atoms with Crippen LogP contribution in [-0.4, -0.2) is 50.5 Å². The molecule has 3 nitrogen and oxygen atoms in total. The van der Waals surface area contributed by atoms with Crippen LogP contribution in [0.2, 0.25) is 0 Å². The van der Waals surface area contributed by atoms with E-state index in [0.717, 1.165) is 26.2 Å². The molecule has 2 aliphatic heterocycles. The number of hydrogen-bond acceptors (Lipinski definition) is 3. The molecule has 0 bridgehead atoms. The molecule has 19 heavy (non-hydrogen) atoms. The van der Waals surface area contributed by atoms with Crippen LogP contribution in [-0.2, 0) is 9.47 Å². The molecule has 110 valence electrons. The van der Waals surface area contributed by atoms with Gasteiger partial charge in [-0.05, 0) is 37.6 Å². The van der Waals surface area contributed by atoms with E-state index in [0.29, 0.717) is 11.5 Å². The second kappa shape index (κ2) is 6.55. The zero-order chi connectivity index (χ0) is 13.0. The van der Waals surface area contributed by atoms with Crippen LogP contribution in [0.15, 0.2) is 0 Å². The van der Waals surface area contributed by atoms with Gasteiger partial charge in [0.05, 0.1) is 25.9 Å². The predicted molar refractivity (Wildman–Crippen MR) is 76.4 cm³/mol. The Kier molecular flexibility index (Phi) is 4.78. The molecule has 0 amide bonds. The smallest absolute Gasteiger partial charge is 0.0821 e. The van der Waals surface area contributed by atoms with Crippen molar-refractivity contribution in [1.82, 2.24) is 4.90 Å². The minimum Gasteiger partial charge on any atom is -0.376 e. The summed E-state index contributed by atoms with van der Waals surface area (Å²) in [6.45, 7) is 6.24. The van der Waals surface area contributed by atoms with Gasteiger partial charge in [0.2, 0.25) is 0 Å². The van der Waals surface area contributed by atoms with E-state index in [4.69, 9.17) is 9.47 Å². The zero-order valence-electron chi connectivity index (χ0n) is 12.2. The van der Waals surface area contributed by atoms with Crippen LogP contribution in [0.4, 0.5) is 0 Å². The molecule has 0 N–H and O–H groups in total. The van der Waals surface area contributed by atoms with E-state index >= 15 is 0 Å². The molecular weight excluding hydrogens is 238 g/mol. The highest BCUT2D eigenvalue weighted by molar-refractivity contribution is 4.91. The molecule has 0 radical (unpaired) electrons. The van der Waals surface area contributed by atoms with Crippen LogP contribution < -0.4 is 0 Å². The van der Waals surface area contributed by atoms with Crippen molar-refractivity contribution in [2.24, 2.45) is 5.41 Å². The quantitative estimate of drug-likeness (QED) is 0.785. The van der Waals surface area contributed by atoms with Crippen LogP contribution >= 0.6 is 0 Å². The maximum atomic E-state index is 5.74. The van der Waals surface area contributed by atoms with Gasteiger partial charge in [0.1, 0.15) is 0 Å². The van der Waals surface area contributed by atoms with Crippen molar-refractivity contribution in [2.45, 2.75) is 57.5 Å². The summed E-state index contributed by atoms with van der Waals surface area (Å²) in [7, 11) is 0. The lowest BCUT2D eigenvalue weighted by Gasteiger charge is -2.29. The van der Waals surface area contributed by atoms with Gasteiger partial charge in [0.15, 0.2) is 0 Å². The predicted octanol–water partition coefficient (Wildman–Crippen LogP) is 2.84. The summed E-state index contributed by atoms with van der Waals surface area (Å²) in [6, 6.07) is 0. The van der Waals surface area contributed by atoms with Gasteiger partial charge in [-0.1, -0.05) is 25.7 Å². The highest BCUT2D eigenvalue weighted by Gasteiger charge is 2.37. The van der Waals surface area contributed by atoms with Gasteiger partial charge < -0.3 is 14.4 Å². The first-order valence-electron chi connectivity index (χ1n) is 8.28. The number of likely N-dealkylation sites (tertiary alicyclic amines) is 1. The van der Waals surface area contributed by atoms with Crippen LogP contribution in [0.1, 0.15) is 51.4 Å². The minimum atomic E-state index is 0.347. The van der Waals surface area contributed by atoms with E-state index in [1.165, 1.54) is 64.6 Å². The lowest BCUT2D eigenvalue weighted by atomic mass is 9.80. The van der Waals surface area contributed by atoms with Crippen molar-refractivity contribution < 1.29 is 9.47 Å². The summed E-state index contributed by atoms with van der Waals surface area (Å²) >= 11 is 0. The van der Waals surface area contributed by atoms with Crippen molar-refractivity contribution in [2.75, 3.05) is 39.5 Å². The maximum Gasteiger partial charge on any atom is 0.0821 e. The van der Waals surface area contributed by atoms with E-state index in [9.17, 15) is 0 Å². The van der Waals surface area contributed by atoms with Gasteiger partial charge in [-0.15, -0.1) is 0 Å².